The average molecular weight is 397 g/mol. The van der Waals surface area contributed by atoms with Crippen LogP contribution in [0.4, 0.5) is 0 Å². The first-order valence-corrected chi connectivity index (χ1v) is 10.6. The molecule has 0 unspecified atom stereocenters. The Balaban J connectivity index is 1.46. The Morgan fingerprint density at radius 2 is 1.66 bits per heavy atom. The van der Waals surface area contributed by atoms with Gasteiger partial charge in [0.2, 0.25) is 0 Å². The molecule has 29 heavy (non-hydrogen) atoms. The van der Waals surface area contributed by atoms with E-state index in [1.807, 2.05) is 0 Å². The highest BCUT2D eigenvalue weighted by atomic mass is 16.5. The molecule has 0 saturated carbocycles. The summed E-state index contributed by atoms with van der Waals surface area (Å²) in [7, 11) is 3.39. The third-order valence-electron chi connectivity index (χ3n) is 6.38. The normalized spacial score (nSPS) is 18.4. The molecule has 2 aromatic carbocycles. The summed E-state index contributed by atoms with van der Waals surface area (Å²) in [6, 6.07) is 13.1. The van der Waals surface area contributed by atoms with Crippen molar-refractivity contribution in [1.82, 2.24) is 4.90 Å². The van der Waals surface area contributed by atoms with Gasteiger partial charge in [-0.05, 0) is 66.6 Å². The van der Waals surface area contributed by atoms with E-state index >= 15 is 0 Å². The van der Waals surface area contributed by atoms with Crippen LogP contribution in [0.15, 0.2) is 36.4 Å². The molecule has 5 heteroatoms. The average Bonchev–Trinajstić information content (AvgIpc) is 2.76. The van der Waals surface area contributed by atoms with Gasteiger partial charge in [-0.2, -0.15) is 0 Å². The minimum atomic E-state index is -0.200. The highest BCUT2D eigenvalue weighted by Gasteiger charge is 2.41. The summed E-state index contributed by atoms with van der Waals surface area (Å²) in [5.41, 5.74) is 10.7. The van der Waals surface area contributed by atoms with Crippen molar-refractivity contribution >= 4 is 0 Å². The molecule has 0 amide bonds. The third-order valence-corrected chi connectivity index (χ3v) is 6.38. The van der Waals surface area contributed by atoms with Gasteiger partial charge in [0, 0.05) is 19.6 Å². The molecule has 2 heterocycles. The second-order valence-corrected chi connectivity index (χ2v) is 8.09. The minimum absolute atomic E-state index is 0.200. The van der Waals surface area contributed by atoms with Gasteiger partial charge in [-0.3, -0.25) is 4.90 Å². The zero-order chi connectivity index (χ0) is 20.3. The zero-order valence-corrected chi connectivity index (χ0v) is 17.6. The van der Waals surface area contributed by atoms with Gasteiger partial charge in [0.05, 0.1) is 26.4 Å². The van der Waals surface area contributed by atoms with Gasteiger partial charge in [0.15, 0.2) is 11.5 Å². The van der Waals surface area contributed by atoms with E-state index in [0.29, 0.717) is 6.54 Å². The van der Waals surface area contributed by atoms with E-state index in [4.69, 9.17) is 19.9 Å². The van der Waals surface area contributed by atoms with Crippen LogP contribution in [-0.2, 0) is 29.7 Å². The molecule has 2 N–H and O–H groups in total. The molecule has 0 aliphatic carbocycles. The maximum atomic E-state index is 6.41. The van der Waals surface area contributed by atoms with E-state index in [-0.39, 0.29) is 5.60 Å². The van der Waals surface area contributed by atoms with E-state index in [1.165, 1.54) is 22.3 Å². The number of rotatable bonds is 6. The fourth-order valence-electron chi connectivity index (χ4n) is 4.71. The van der Waals surface area contributed by atoms with Crippen LogP contribution in [0.5, 0.6) is 11.5 Å². The second-order valence-electron chi connectivity index (χ2n) is 8.09. The van der Waals surface area contributed by atoms with Gasteiger partial charge < -0.3 is 19.9 Å². The van der Waals surface area contributed by atoms with E-state index in [9.17, 15) is 0 Å². The molecule has 0 atom stereocenters. The number of fused-ring (bicyclic) bond motifs is 2. The number of ether oxygens (including phenoxy) is 3. The summed E-state index contributed by atoms with van der Waals surface area (Å²) in [5.74, 6) is 1.59. The summed E-state index contributed by atoms with van der Waals surface area (Å²) in [6.45, 7) is 4.51. The summed E-state index contributed by atoms with van der Waals surface area (Å²) in [6.07, 6.45) is 3.87. The Morgan fingerprint density at radius 3 is 2.31 bits per heavy atom. The molecule has 0 aromatic heterocycles. The highest BCUT2D eigenvalue weighted by Crippen LogP contribution is 2.45. The minimum Gasteiger partial charge on any atom is -0.493 e. The predicted octanol–water partition coefficient (Wildman–Crippen LogP) is 3.27. The van der Waals surface area contributed by atoms with Crippen molar-refractivity contribution in [3.8, 4) is 11.5 Å². The Bertz CT molecular complexity index is 827. The summed E-state index contributed by atoms with van der Waals surface area (Å²) in [4.78, 5) is 2.53. The van der Waals surface area contributed by atoms with Crippen molar-refractivity contribution < 1.29 is 14.2 Å². The molecule has 2 aliphatic rings. The second kappa shape index (κ2) is 8.74. The van der Waals surface area contributed by atoms with Crippen LogP contribution >= 0.6 is 0 Å². The summed E-state index contributed by atoms with van der Waals surface area (Å²) in [5, 5.41) is 0. The number of benzene rings is 2. The van der Waals surface area contributed by atoms with E-state index < -0.39 is 0 Å². The monoisotopic (exact) mass is 396 g/mol. The first-order chi connectivity index (χ1) is 14.2. The topological polar surface area (TPSA) is 57.0 Å². The van der Waals surface area contributed by atoms with Crippen LogP contribution in [0.3, 0.4) is 0 Å². The van der Waals surface area contributed by atoms with Gasteiger partial charge in [0.1, 0.15) is 0 Å². The number of nitrogens with two attached hydrogens (primary N) is 1. The predicted molar refractivity (Wildman–Crippen MR) is 115 cm³/mol. The SMILES string of the molecule is COc1cc2c(cc1OC)C1(CCN(Cc3ccc(CCN)cc3)CC1)OCC2. The van der Waals surface area contributed by atoms with Crippen LogP contribution in [0, 0.1) is 0 Å². The van der Waals surface area contributed by atoms with Crippen LogP contribution in [-0.4, -0.2) is 45.4 Å². The molecular weight excluding hydrogens is 364 g/mol. The highest BCUT2D eigenvalue weighted by molar-refractivity contribution is 5.50. The zero-order valence-electron chi connectivity index (χ0n) is 17.6. The molecule has 156 valence electrons. The lowest BCUT2D eigenvalue weighted by atomic mass is 9.79. The molecule has 0 radical (unpaired) electrons. The lowest BCUT2D eigenvalue weighted by Gasteiger charge is -2.45. The van der Waals surface area contributed by atoms with Crippen molar-refractivity contribution in [1.29, 1.82) is 0 Å². The molecule has 1 saturated heterocycles. The fraction of sp³-hybridized carbons (Fsp3) is 0.500. The molecule has 1 fully saturated rings. The Morgan fingerprint density at radius 1 is 1.00 bits per heavy atom. The maximum Gasteiger partial charge on any atom is 0.161 e. The fourth-order valence-corrected chi connectivity index (χ4v) is 4.71. The molecule has 0 bridgehead atoms. The molecule has 4 rings (SSSR count). The molecule has 2 aromatic rings. The van der Waals surface area contributed by atoms with Gasteiger partial charge >= 0.3 is 0 Å². The van der Waals surface area contributed by atoms with Crippen LogP contribution < -0.4 is 15.2 Å². The Hall–Kier alpha value is -2.08. The van der Waals surface area contributed by atoms with E-state index in [1.54, 1.807) is 14.2 Å². The third kappa shape index (κ3) is 4.13. The van der Waals surface area contributed by atoms with Crippen molar-refractivity contribution in [2.75, 3.05) is 40.5 Å². The smallest absolute Gasteiger partial charge is 0.161 e. The van der Waals surface area contributed by atoms with Crippen LogP contribution in [0.25, 0.3) is 0 Å². The van der Waals surface area contributed by atoms with Gasteiger partial charge in [-0.1, -0.05) is 24.3 Å². The quantitative estimate of drug-likeness (QED) is 0.812. The van der Waals surface area contributed by atoms with E-state index in [2.05, 4.69) is 41.3 Å². The lowest BCUT2D eigenvalue weighted by molar-refractivity contribution is -0.0990. The van der Waals surface area contributed by atoms with E-state index in [0.717, 1.165) is 63.4 Å². The number of hydrogen-bond acceptors (Lipinski definition) is 5. The van der Waals surface area contributed by atoms with Crippen molar-refractivity contribution in [2.45, 2.75) is 37.8 Å². The van der Waals surface area contributed by atoms with Crippen molar-refractivity contribution in [2.24, 2.45) is 5.73 Å². The standard InChI is InChI=1S/C24H32N2O3/c1-27-22-15-20-8-14-29-24(21(20)16-23(22)28-2)9-12-26(13-10-24)17-19-5-3-18(4-6-19)7-11-25/h3-6,15-16H,7-14,17,25H2,1-2H3. The van der Waals surface area contributed by atoms with Crippen LogP contribution in [0.2, 0.25) is 0 Å². The maximum absolute atomic E-state index is 6.41. The lowest BCUT2D eigenvalue weighted by Crippen LogP contribution is -2.46. The number of likely N-dealkylation sites (tertiary alicyclic amines) is 1. The number of nitrogens with zero attached hydrogens (tertiary/aromatic N) is 1. The largest absolute Gasteiger partial charge is 0.493 e. The molecular formula is C24H32N2O3. The molecule has 5 nitrogen and oxygen atoms in total. The van der Waals surface area contributed by atoms with Crippen LogP contribution in [0.1, 0.15) is 35.1 Å². The first-order valence-electron chi connectivity index (χ1n) is 10.6. The number of methoxy groups -OCH3 is 2. The van der Waals surface area contributed by atoms with Crippen molar-refractivity contribution in [3.05, 3.63) is 58.7 Å². The summed E-state index contributed by atoms with van der Waals surface area (Å²) < 4.78 is 17.5. The Labute approximate surface area is 173 Å². The molecule has 2 aliphatic heterocycles. The van der Waals surface area contributed by atoms with Gasteiger partial charge in [-0.25, -0.2) is 0 Å². The number of hydrogen-bond donors (Lipinski definition) is 1. The first kappa shape index (κ1) is 20.2. The van der Waals surface area contributed by atoms with Crippen molar-refractivity contribution in [3.63, 3.8) is 0 Å². The summed E-state index contributed by atoms with van der Waals surface area (Å²) >= 11 is 0. The van der Waals surface area contributed by atoms with Gasteiger partial charge in [-0.15, -0.1) is 0 Å². The molecule has 1 spiro atoms. The van der Waals surface area contributed by atoms with Gasteiger partial charge in [0.25, 0.3) is 0 Å². The number of piperidine rings is 1. The Kier molecular flexibility index (Phi) is 6.09.